The molecule has 8 nitrogen and oxygen atoms in total. The molecule has 0 aliphatic carbocycles. The van der Waals surface area contributed by atoms with E-state index in [1.807, 2.05) is 0 Å². The van der Waals surface area contributed by atoms with Crippen molar-refractivity contribution >= 4 is 23.9 Å². The van der Waals surface area contributed by atoms with Gasteiger partial charge in [-0.05, 0) is 29.8 Å². The Morgan fingerprint density at radius 2 is 1.96 bits per heavy atom. The summed E-state index contributed by atoms with van der Waals surface area (Å²) < 4.78 is 10.8. The van der Waals surface area contributed by atoms with E-state index in [2.05, 4.69) is 10.5 Å². The molecule has 26 heavy (non-hydrogen) atoms. The first kappa shape index (κ1) is 17.2. The maximum absolute atomic E-state index is 12.1. The molecule has 0 saturated heterocycles. The molecule has 1 N–H and O–H groups in total. The first-order chi connectivity index (χ1) is 12.6. The summed E-state index contributed by atoms with van der Waals surface area (Å²) in [4.78, 5) is 22.3. The van der Waals surface area contributed by atoms with Crippen LogP contribution in [0.25, 0.3) is 6.08 Å². The van der Waals surface area contributed by atoms with Gasteiger partial charge in [0.1, 0.15) is 13.2 Å². The van der Waals surface area contributed by atoms with Crippen molar-refractivity contribution in [3.05, 3.63) is 69.8 Å². The molecular formula is C18H15N3O5. The Hall–Kier alpha value is -3.68. The van der Waals surface area contributed by atoms with Crippen molar-refractivity contribution in [2.45, 2.75) is 0 Å². The average Bonchev–Trinajstić information content (AvgIpc) is 2.67. The third-order valence-corrected chi connectivity index (χ3v) is 3.50. The van der Waals surface area contributed by atoms with E-state index in [1.54, 1.807) is 42.5 Å². The Morgan fingerprint density at radius 1 is 1.15 bits per heavy atom. The van der Waals surface area contributed by atoms with Crippen molar-refractivity contribution in [3.63, 3.8) is 0 Å². The molecule has 2 aromatic carbocycles. The summed E-state index contributed by atoms with van der Waals surface area (Å²) >= 11 is 0. The number of nitrogens with one attached hydrogen (secondary N) is 1. The maximum atomic E-state index is 12.1. The van der Waals surface area contributed by atoms with Gasteiger partial charge < -0.3 is 9.47 Å². The molecule has 1 aliphatic heterocycles. The van der Waals surface area contributed by atoms with Crippen LogP contribution in [0.5, 0.6) is 11.5 Å². The highest BCUT2D eigenvalue weighted by molar-refractivity contribution is 5.95. The minimum absolute atomic E-state index is 0.0102. The Labute approximate surface area is 148 Å². The standard InChI is InChI=1S/C18H15N3O5/c22-18(14-6-7-16-17(12-14)26-10-9-25-16)20-19-8-2-4-13-3-1-5-15(11-13)21(23)24/h1-8,11-12H,9-10H2,(H,20,22). The van der Waals surface area contributed by atoms with Gasteiger partial charge in [0.15, 0.2) is 11.5 Å². The average molecular weight is 353 g/mol. The number of hydrogen-bond acceptors (Lipinski definition) is 6. The lowest BCUT2D eigenvalue weighted by Crippen LogP contribution is -2.19. The van der Waals surface area contributed by atoms with Crippen molar-refractivity contribution in [3.8, 4) is 11.5 Å². The van der Waals surface area contributed by atoms with Crippen LogP contribution in [0.15, 0.2) is 53.6 Å². The number of ether oxygens (including phenoxy) is 2. The number of nitro groups is 1. The Morgan fingerprint density at radius 3 is 2.77 bits per heavy atom. The summed E-state index contributed by atoms with van der Waals surface area (Å²) in [6.07, 6.45) is 4.60. The number of carbonyl (C=O) groups excluding carboxylic acids is 1. The molecular weight excluding hydrogens is 338 g/mol. The minimum Gasteiger partial charge on any atom is -0.486 e. The number of hydrogen-bond donors (Lipinski definition) is 1. The topological polar surface area (TPSA) is 103 Å². The predicted molar refractivity (Wildman–Crippen MR) is 95.5 cm³/mol. The molecule has 2 aromatic rings. The van der Waals surface area contributed by atoms with Crippen LogP contribution in [0.3, 0.4) is 0 Å². The second-order valence-corrected chi connectivity index (χ2v) is 5.29. The molecule has 0 unspecified atom stereocenters. The molecule has 3 rings (SSSR count). The first-order valence-electron chi connectivity index (χ1n) is 7.78. The Balaban J connectivity index is 1.57. The van der Waals surface area contributed by atoms with Crippen LogP contribution in [0.2, 0.25) is 0 Å². The van der Waals surface area contributed by atoms with Crippen molar-refractivity contribution in [2.24, 2.45) is 5.10 Å². The zero-order valence-electron chi connectivity index (χ0n) is 13.6. The van der Waals surface area contributed by atoms with E-state index < -0.39 is 4.92 Å². The van der Waals surface area contributed by atoms with Crippen molar-refractivity contribution in [1.82, 2.24) is 5.43 Å². The largest absolute Gasteiger partial charge is 0.486 e. The number of rotatable bonds is 5. The number of hydrazone groups is 1. The zero-order chi connectivity index (χ0) is 18.4. The van der Waals surface area contributed by atoms with Crippen LogP contribution in [-0.4, -0.2) is 30.3 Å². The highest BCUT2D eigenvalue weighted by Crippen LogP contribution is 2.30. The maximum Gasteiger partial charge on any atom is 0.271 e. The smallest absolute Gasteiger partial charge is 0.271 e. The molecule has 0 fully saturated rings. The molecule has 0 bridgehead atoms. The normalized spacial score (nSPS) is 13.1. The summed E-state index contributed by atoms with van der Waals surface area (Å²) in [5.41, 5.74) is 3.46. The fourth-order valence-corrected chi connectivity index (χ4v) is 2.28. The van der Waals surface area contributed by atoms with Gasteiger partial charge in [0, 0.05) is 23.9 Å². The van der Waals surface area contributed by atoms with Gasteiger partial charge in [0.05, 0.1) is 4.92 Å². The van der Waals surface area contributed by atoms with E-state index in [9.17, 15) is 14.9 Å². The van der Waals surface area contributed by atoms with Crippen LogP contribution in [-0.2, 0) is 0 Å². The molecule has 0 aromatic heterocycles. The summed E-state index contributed by atoms with van der Waals surface area (Å²) in [6, 6.07) is 11.1. The van der Waals surface area contributed by atoms with E-state index in [1.165, 1.54) is 18.3 Å². The number of nitro benzene ring substituents is 1. The molecule has 1 amide bonds. The van der Waals surface area contributed by atoms with Crippen molar-refractivity contribution in [2.75, 3.05) is 13.2 Å². The van der Waals surface area contributed by atoms with Crippen molar-refractivity contribution < 1.29 is 19.2 Å². The third-order valence-electron chi connectivity index (χ3n) is 3.50. The third kappa shape index (κ3) is 4.23. The zero-order valence-corrected chi connectivity index (χ0v) is 13.6. The Bertz CT molecular complexity index is 892. The first-order valence-corrected chi connectivity index (χ1v) is 7.78. The number of fused-ring (bicyclic) bond motifs is 1. The van der Waals surface area contributed by atoms with Gasteiger partial charge in [-0.2, -0.15) is 5.10 Å². The van der Waals surface area contributed by atoms with E-state index in [0.717, 1.165) is 0 Å². The lowest BCUT2D eigenvalue weighted by Gasteiger charge is -2.18. The molecule has 1 aliphatic rings. The van der Waals surface area contributed by atoms with E-state index in [-0.39, 0.29) is 11.6 Å². The number of non-ortho nitro benzene ring substituents is 1. The van der Waals surface area contributed by atoms with E-state index in [0.29, 0.717) is 35.8 Å². The van der Waals surface area contributed by atoms with Gasteiger partial charge in [-0.25, -0.2) is 5.43 Å². The van der Waals surface area contributed by atoms with Gasteiger partial charge in [0.25, 0.3) is 11.6 Å². The van der Waals surface area contributed by atoms with E-state index in [4.69, 9.17) is 9.47 Å². The van der Waals surface area contributed by atoms with Gasteiger partial charge in [-0.3, -0.25) is 14.9 Å². The number of carbonyl (C=O) groups is 1. The fourth-order valence-electron chi connectivity index (χ4n) is 2.28. The second-order valence-electron chi connectivity index (χ2n) is 5.29. The Kier molecular flexibility index (Phi) is 5.23. The summed E-state index contributed by atoms with van der Waals surface area (Å²) in [7, 11) is 0. The number of amides is 1. The molecule has 1 heterocycles. The fraction of sp³-hybridized carbons (Fsp3) is 0.111. The van der Waals surface area contributed by atoms with Crippen LogP contribution < -0.4 is 14.9 Å². The quantitative estimate of drug-likeness (QED) is 0.506. The molecule has 8 heteroatoms. The molecule has 0 saturated carbocycles. The van der Waals surface area contributed by atoms with Crippen LogP contribution >= 0.6 is 0 Å². The molecule has 0 spiro atoms. The molecule has 0 atom stereocenters. The molecule has 0 radical (unpaired) electrons. The monoisotopic (exact) mass is 353 g/mol. The number of allylic oxidation sites excluding steroid dienone is 1. The minimum atomic E-state index is -0.459. The van der Waals surface area contributed by atoms with Gasteiger partial charge in [0.2, 0.25) is 0 Å². The lowest BCUT2D eigenvalue weighted by atomic mass is 10.2. The molecule has 132 valence electrons. The van der Waals surface area contributed by atoms with Gasteiger partial charge in [-0.1, -0.05) is 18.2 Å². The lowest BCUT2D eigenvalue weighted by molar-refractivity contribution is -0.384. The number of nitrogens with zero attached hydrogens (tertiary/aromatic N) is 2. The highest BCUT2D eigenvalue weighted by atomic mass is 16.6. The van der Waals surface area contributed by atoms with E-state index >= 15 is 0 Å². The van der Waals surface area contributed by atoms with Crippen LogP contribution in [0.4, 0.5) is 5.69 Å². The van der Waals surface area contributed by atoms with Gasteiger partial charge in [-0.15, -0.1) is 0 Å². The van der Waals surface area contributed by atoms with Crippen LogP contribution in [0.1, 0.15) is 15.9 Å². The van der Waals surface area contributed by atoms with Crippen molar-refractivity contribution in [1.29, 1.82) is 0 Å². The highest BCUT2D eigenvalue weighted by Gasteiger charge is 2.14. The SMILES string of the molecule is O=C(NN=CC=Cc1cccc([N+](=O)[O-])c1)c1ccc2c(c1)OCCO2. The second kappa shape index (κ2) is 7.93. The van der Waals surface area contributed by atoms with Gasteiger partial charge >= 0.3 is 0 Å². The summed E-state index contributed by atoms with van der Waals surface area (Å²) in [5, 5.41) is 14.5. The summed E-state index contributed by atoms with van der Waals surface area (Å²) in [6.45, 7) is 0.929. The predicted octanol–water partition coefficient (Wildman–Crippen LogP) is 2.80. The van der Waals surface area contributed by atoms with Crippen LogP contribution in [0, 0.1) is 10.1 Å². The number of benzene rings is 2. The summed E-state index contributed by atoms with van der Waals surface area (Å²) in [5.74, 6) is 0.747.